The quantitative estimate of drug-likeness (QED) is 0.0381. The molecular weight excluding hydrogens is 816 g/mol. The van der Waals surface area contributed by atoms with Crippen LogP contribution < -0.4 is 4.90 Å². The minimum atomic E-state index is -2.32. The highest BCUT2D eigenvalue weighted by Crippen LogP contribution is 2.47. The highest BCUT2D eigenvalue weighted by atomic mass is 35.5. The van der Waals surface area contributed by atoms with Gasteiger partial charge in [-0.05, 0) is 66.8 Å². The normalized spacial score (nSPS) is 18.8. The van der Waals surface area contributed by atoms with Crippen LogP contribution in [0.1, 0.15) is 196 Å². The molecule has 2 aromatic heterocycles. The molecule has 61 heavy (non-hydrogen) atoms. The fourth-order valence-corrected chi connectivity index (χ4v) is 10.1. The summed E-state index contributed by atoms with van der Waals surface area (Å²) in [4.78, 5) is 39.0. The van der Waals surface area contributed by atoms with Gasteiger partial charge in [-0.25, -0.2) is 4.90 Å². The summed E-state index contributed by atoms with van der Waals surface area (Å²) in [5.74, 6) is 2.76. The maximum atomic E-state index is 14.2. The second-order valence-electron chi connectivity index (χ2n) is 20.8. The van der Waals surface area contributed by atoms with Crippen LogP contribution in [0.25, 0.3) is 11.0 Å². The molecule has 3 heterocycles. The number of halogens is 1. The Hall–Kier alpha value is -2.08. The first-order chi connectivity index (χ1) is 28.6. The van der Waals surface area contributed by atoms with Crippen molar-refractivity contribution in [2.45, 2.75) is 244 Å². The molecule has 0 spiro atoms. The van der Waals surface area contributed by atoms with Gasteiger partial charge in [0.05, 0.1) is 18.1 Å². The lowest BCUT2D eigenvalue weighted by molar-refractivity contribution is -0.126. The second-order valence-corrected chi connectivity index (χ2v) is 30.7. The van der Waals surface area contributed by atoms with Gasteiger partial charge in [0.25, 0.3) is 0 Å². The van der Waals surface area contributed by atoms with Gasteiger partial charge in [0.2, 0.25) is 17.1 Å². The van der Waals surface area contributed by atoms with Crippen molar-refractivity contribution in [1.82, 2.24) is 14.5 Å². The number of hydrogen-bond donors (Lipinski definition) is 0. The zero-order chi connectivity index (χ0) is 45.5. The molecule has 3 rings (SSSR count). The Bertz CT molecular complexity index is 1680. The molecule has 9 nitrogen and oxygen atoms in total. The van der Waals surface area contributed by atoms with Crippen LogP contribution in [0.5, 0.6) is 0 Å². The van der Waals surface area contributed by atoms with Gasteiger partial charge in [-0.15, -0.1) is 6.42 Å². The van der Waals surface area contributed by atoms with Crippen LogP contribution in [0.2, 0.25) is 41.5 Å². The molecule has 0 aromatic carbocycles. The van der Waals surface area contributed by atoms with Gasteiger partial charge >= 0.3 is 0 Å². The molecule has 3 atom stereocenters. The Morgan fingerprint density at radius 3 is 1.70 bits per heavy atom. The van der Waals surface area contributed by atoms with E-state index in [1.165, 1.54) is 81.9 Å². The van der Waals surface area contributed by atoms with Crippen LogP contribution >= 0.6 is 11.6 Å². The fourth-order valence-electron chi connectivity index (χ4n) is 7.55. The summed E-state index contributed by atoms with van der Waals surface area (Å²) in [6.07, 6.45) is 28.8. The smallest absolute Gasteiger partial charge is 0.234 e. The standard InChI is InChI=1S/C49H85ClN4O5Si2/c1-14-17-19-21-23-25-27-29-31-33-41(55)54(42(56)34-32-30-28-26-24-22-20-18-15-2)45-39-35-36-53(44(39)51-46(50)52-45)43-37-40(59-61(12,13)48(7,8)9)49(16-3,58-43)38-57-60(10,11)47(4,5)6/h3,35-36,40,43H,14-15,17-34,37-38H2,1-2,4-13H3/t40-,43+,49+/m0/s1. The van der Waals surface area contributed by atoms with E-state index in [1.807, 2.05) is 16.8 Å². The lowest BCUT2D eigenvalue weighted by Gasteiger charge is -2.43. The number of terminal acetylenes is 1. The number of anilines is 1. The third kappa shape index (κ3) is 15.3. The summed E-state index contributed by atoms with van der Waals surface area (Å²) >= 11 is 6.73. The molecule has 1 saturated heterocycles. The predicted molar refractivity (Wildman–Crippen MR) is 260 cm³/mol. The summed E-state index contributed by atoms with van der Waals surface area (Å²) in [7, 11) is -4.54. The monoisotopic (exact) mass is 901 g/mol. The van der Waals surface area contributed by atoms with E-state index >= 15 is 0 Å². The van der Waals surface area contributed by atoms with Crippen molar-refractivity contribution in [3.63, 3.8) is 0 Å². The maximum absolute atomic E-state index is 14.2. The molecule has 1 aliphatic heterocycles. The Balaban J connectivity index is 1.94. The van der Waals surface area contributed by atoms with Gasteiger partial charge < -0.3 is 18.2 Å². The molecule has 2 aromatic rings. The largest absolute Gasteiger partial charge is 0.413 e. The minimum absolute atomic E-state index is 0.0280. The van der Waals surface area contributed by atoms with Crippen LogP contribution in [-0.2, 0) is 23.2 Å². The number of nitrogens with zero attached hydrogens (tertiary/aromatic N) is 4. The zero-order valence-corrected chi connectivity index (χ0v) is 43.4. The molecule has 0 bridgehead atoms. The van der Waals surface area contributed by atoms with Crippen molar-refractivity contribution in [2.75, 3.05) is 11.5 Å². The molecule has 2 amide bonds. The number of unbranched alkanes of at least 4 members (excludes halogenated alkanes) is 16. The lowest BCUT2D eigenvalue weighted by atomic mass is 9.99. The van der Waals surface area contributed by atoms with E-state index in [4.69, 9.17) is 36.6 Å². The molecular formula is C49H85ClN4O5Si2. The number of imide groups is 1. The first-order valence-electron chi connectivity index (χ1n) is 24.0. The van der Waals surface area contributed by atoms with Gasteiger partial charge in [-0.1, -0.05) is 164 Å². The number of hydrogen-bond acceptors (Lipinski definition) is 7. The molecule has 0 saturated carbocycles. The Morgan fingerprint density at radius 1 is 0.803 bits per heavy atom. The summed E-state index contributed by atoms with van der Waals surface area (Å²) in [5, 5.41) is 0.425. The van der Waals surface area contributed by atoms with Crippen molar-refractivity contribution in [1.29, 1.82) is 0 Å². The minimum Gasteiger partial charge on any atom is -0.413 e. The number of ether oxygens (including phenoxy) is 1. The van der Waals surface area contributed by atoms with Crippen LogP contribution in [0.4, 0.5) is 5.82 Å². The Kier molecular flexibility index (Phi) is 21.2. The van der Waals surface area contributed by atoms with Crippen LogP contribution in [0.15, 0.2) is 12.3 Å². The molecule has 1 fully saturated rings. The molecule has 12 heteroatoms. The third-order valence-corrected chi connectivity index (χ3v) is 22.9. The number of aromatic nitrogens is 3. The number of carbonyl (C=O) groups excluding carboxylic acids is 2. The molecule has 0 unspecified atom stereocenters. The van der Waals surface area contributed by atoms with E-state index in [2.05, 4.69) is 92.5 Å². The fraction of sp³-hybridized carbons (Fsp3) is 0.796. The van der Waals surface area contributed by atoms with Gasteiger partial charge in [0.15, 0.2) is 28.1 Å². The van der Waals surface area contributed by atoms with Crippen LogP contribution in [0, 0.1) is 12.3 Å². The summed E-state index contributed by atoms with van der Waals surface area (Å²) in [6.45, 7) is 26.8. The third-order valence-electron chi connectivity index (χ3n) is 13.8. The van der Waals surface area contributed by atoms with Gasteiger partial charge in [0, 0.05) is 25.5 Å². The maximum Gasteiger partial charge on any atom is 0.234 e. The van der Waals surface area contributed by atoms with Crippen molar-refractivity contribution in [3.8, 4) is 12.3 Å². The van der Waals surface area contributed by atoms with E-state index in [9.17, 15) is 9.59 Å². The number of fused-ring (bicyclic) bond motifs is 1. The number of carbonyl (C=O) groups is 2. The number of amides is 2. The van der Waals surface area contributed by atoms with Crippen LogP contribution in [0.3, 0.4) is 0 Å². The Morgan fingerprint density at radius 2 is 1.26 bits per heavy atom. The highest BCUT2D eigenvalue weighted by Gasteiger charge is 2.54. The number of rotatable bonds is 27. The second kappa shape index (κ2) is 24.3. The predicted octanol–water partition coefficient (Wildman–Crippen LogP) is 14.5. The van der Waals surface area contributed by atoms with E-state index in [0.717, 1.165) is 38.5 Å². The average molecular weight is 902 g/mol. The zero-order valence-electron chi connectivity index (χ0n) is 40.7. The highest BCUT2D eigenvalue weighted by molar-refractivity contribution is 6.74. The lowest BCUT2D eigenvalue weighted by Crippen LogP contribution is -2.54. The van der Waals surface area contributed by atoms with Gasteiger partial charge in [0.1, 0.15) is 11.9 Å². The SMILES string of the molecule is C#C[C@]1(CO[Si](C)(C)C(C)(C)C)O[C@@H](n2ccc3c(N(C(=O)CCCCCCCCCCC)C(=O)CCCCCCCCCCC)nc(Cl)nc32)C[C@@H]1O[Si](C)(C)C(C)(C)C. The summed E-state index contributed by atoms with van der Waals surface area (Å²) < 4.78 is 22.8. The molecule has 0 radical (unpaired) electrons. The molecule has 1 aliphatic rings. The average Bonchev–Trinajstić information content (AvgIpc) is 3.76. The molecule has 0 aliphatic carbocycles. The van der Waals surface area contributed by atoms with Gasteiger partial charge in [-0.2, -0.15) is 9.97 Å². The molecule has 0 N–H and O–H groups in total. The van der Waals surface area contributed by atoms with Crippen molar-refractivity contribution >= 4 is 56.9 Å². The van der Waals surface area contributed by atoms with Crippen molar-refractivity contribution < 1.29 is 23.2 Å². The van der Waals surface area contributed by atoms with Crippen molar-refractivity contribution in [3.05, 3.63) is 17.5 Å². The van der Waals surface area contributed by atoms with E-state index in [-0.39, 0.29) is 52.4 Å². The summed E-state index contributed by atoms with van der Waals surface area (Å²) in [6, 6.07) is 1.86. The topological polar surface area (TPSA) is 95.8 Å². The summed E-state index contributed by atoms with van der Waals surface area (Å²) in [5.41, 5.74) is -0.685. The van der Waals surface area contributed by atoms with Crippen LogP contribution in [-0.4, -0.2) is 61.3 Å². The van der Waals surface area contributed by atoms with E-state index < -0.39 is 34.6 Å². The van der Waals surface area contributed by atoms with E-state index in [0.29, 0.717) is 17.5 Å². The first kappa shape index (κ1) is 53.3. The first-order valence-corrected chi connectivity index (χ1v) is 30.2. The Labute approximate surface area is 378 Å². The molecule has 346 valence electrons. The van der Waals surface area contributed by atoms with Gasteiger partial charge in [-0.3, -0.25) is 9.59 Å². The van der Waals surface area contributed by atoms with E-state index in [1.54, 1.807) is 0 Å². The van der Waals surface area contributed by atoms with Crippen molar-refractivity contribution in [2.24, 2.45) is 0 Å².